The van der Waals surface area contributed by atoms with E-state index in [1.165, 1.54) is 6.92 Å². The van der Waals surface area contributed by atoms with Crippen LogP contribution in [0.25, 0.3) is 0 Å². The van der Waals surface area contributed by atoms with Gasteiger partial charge in [0, 0.05) is 11.3 Å². The zero-order valence-corrected chi connectivity index (χ0v) is 11.5. The second-order valence-electron chi connectivity index (χ2n) is 5.03. The van der Waals surface area contributed by atoms with Crippen molar-refractivity contribution in [1.29, 1.82) is 0 Å². The Kier molecular flexibility index (Phi) is 4.92. The van der Waals surface area contributed by atoms with Gasteiger partial charge in [0.15, 0.2) is 12.0 Å². The normalized spacial score (nSPS) is 32.7. The van der Waals surface area contributed by atoms with Crippen LogP contribution in [0, 0.1) is 0 Å². The van der Waals surface area contributed by atoms with Gasteiger partial charge in [0.1, 0.15) is 24.4 Å². The minimum Gasteiger partial charge on any atom is -0.394 e. The summed E-state index contributed by atoms with van der Waals surface area (Å²) in [5.41, 5.74) is 1.12. The predicted molar refractivity (Wildman–Crippen MR) is 73.8 cm³/mol. The summed E-state index contributed by atoms with van der Waals surface area (Å²) in [6.45, 7) is 0.979. The molecule has 1 heterocycles. The van der Waals surface area contributed by atoms with Gasteiger partial charge in [-0.3, -0.25) is 4.79 Å². The Morgan fingerprint density at radius 1 is 1.14 bits per heavy atom. The summed E-state index contributed by atoms with van der Waals surface area (Å²) in [5.74, 6) is -0.0607. The van der Waals surface area contributed by atoms with Crippen LogP contribution >= 0.6 is 0 Å². The van der Waals surface area contributed by atoms with E-state index in [0.717, 1.165) is 0 Å². The van der Waals surface area contributed by atoms with E-state index in [0.29, 0.717) is 11.3 Å². The molecule has 1 aliphatic rings. The van der Waals surface area contributed by atoms with Crippen LogP contribution in [0.1, 0.15) is 17.3 Å². The quantitative estimate of drug-likeness (QED) is 0.457. The Hall–Kier alpha value is -1.51. The molecule has 0 aliphatic carbocycles. The zero-order chi connectivity index (χ0) is 15.6. The van der Waals surface area contributed by atoms with Crippen LogP contribution in [0.15, 0.2) is 24.3 Å². The summed E-state index contributed by atoms with van der Waals surface area (Å²) >= 11 is 0. The van der Waals surface area contributed by atoms with Gasteiger partial charge in [-0.25, -0.2) is 0 Å². The highest BCUT2D eigenvalue weighted by Crippen LogP contribution is 2.23. The van der Waals surface area contributed by atoms with E-state index >= 15 is 0 Å². The number of hydrogen-bond acceptors (Lipinski definition) is 7. The fraction of sp³-hybridized carbons (Fsp3) is 0.500. The van der Waals surface area contributed by atoms with Gasteiger partial charge in [0.25, 0.3) is 0 Å². The van der Waals surface area contributed by atoms with E-state index in [9.17, 15) is 20.1 Å². The third-order valence-electron chi connectivity index (χ3n) is 3.49. The molecule has 1 aromatic rings. The number of aliphatic hydroxyl groups excluding tert-OH is 4. The molecule has 1 fully saturated rings. The average molecular weight is 297 g/mol. The molecular weight excluding hydrogens is 278 g/mol. The highest BCUT2D eigenvalue weighted by atomic mass is 16.6. The van der Waals surface area contributed by atoms with Gasteiger partial charge in [0.2, 0.25) is 0 Å². The summed E-state index contributed by atoms with van der Waals surface area (Å²) < 4.78 is 5.32. The Bertz CT molecular complexity index is 489. The molecule has 1 aromatic carbocycles. The molecule has 0 radical (unpaired) electrons. The third-order valence-corrected chi connectivity index (χ3v) is 3.49. The van der Waals surface area contributed by atoms with E-state index in [1.54, 1.807) is 24.3 Å². The maximum Gasteiger partial charge on any atom is 0.159 e. The van der Waals surface area contributed by atoms with Crippen LogP contribution in [-0.4, -0.2) is 63.5 Å². The maximum atomic E-state index is 11.2. The largest absolute Gasteiger partial charge is 0.394 e. The van der Waals surface area contributed by atoms with E-state index in [1.807, 2.05) is 0 Å². The molecule has 2 rings (SSSR count). The molecule has 0 bridgehead atoms. The van der Waals surface area contributed by atoms with Gasteiger partial charge in [0.05, 0.1) is 6.61 Å². The van der Waals surface area contributed by atoms with Gasteiger partial charge in [-0.2, -0.15) is 0 Å². The molecule has 7 nitrogen and oxygen atoms in total. The van der Waals surface area contributed by atoms with Crippen molar-refractivity contribution in [3.63, 3.8) is 0 Å². The van der Waals surface area contributed by atoms with Crippen LogP contribution in [0.3, 0.4) is 0 Å². The van der Waals surface area contributed by atoms with Gasteiger partial charge in [-0.1, -0.05) is 0 Å². The van der Waals surface area contributed by atoms with E-state index in [2.05, 4.69) is 5.32 Å². The number of ether oxygens (including phenoxy) is 1. The lowest BCUT2D eigenvalue weighted by Crippen LogP contribution is -2.60. The highest BCUT2D eigenvalue weighted by molar-refractivity contribution is 5.94. The lowest BCUT2D eigenvalue weighted by molar-refractivity contribution is -0.221. The number of ketones is 1. The molecule has 0 unspecified atom stereocenters. The summed E-state index contributed by atoms with van der Waals surface area (Å²) in [7, 11) is 0. The number of Topliss-reactive ketones (excluding diaryl/α,β-unsaturated/α-hetero) is 1. The average Bonchev–Trinajstić information content (AvgIpc) is 2.48. The van der Waals surface area contributed by atoms with E-state index < -0.39 is 37.3 Å². The smallest absolute Gasteiger partial charge is 0.159 e. The molecule has 0 aromatic heterocycles. The van der Waals surface area contributed by atoms with E-state index in [4.69, 9.17) is 9.84 Å². The number of rotatable bonds is 4. The standard InChI is InChI=1S/C14H19NO6/c1-7(17)8-2-4-9(5-3-8)15-14-13(20)12(19)11(18)10(6-16)21-14/h2-5,10-16,18-20H,6H2,1H3/t10-,11-,12-,13-,14-/m0/s1. The van der Waals surface area contributed by atoms with Crippen LogP contribution < -0.4 is 5.32 Å². The first kappa shape index (κ1) is 15.9. The molecule has 5 atom stereocenters. The Balaban J connectivity index is 2.08. The van der Waals surface area contributed by atoms with Crippen LogP contribution in [0.5, 0.6) is 0 Å². The van der Waals surface area contributed by atoms with Gasteiger partial charge in [-0.05, 0) is 31.2 Å². The minimum absolute atomic E-state index is 0.0607. The fourth-order valence-corrected chi connectivity index (χ4v) is 2.19. The lowest BCUT2D eigenvalue weighted by Gasteiger charge is -2.40. The number of nitrogens with one attached hydrogen (secondary N) is 1. The highest BCUT2D eigenvalue weighted by Gasteiger charge is 2.43. The third kappa shape index (κ3) is 3.39. The minimum atomic E-state index is -1.43. The first-order chi connectivity index (χ1) is 9.93. The molecule has 116 valence electrons. The molecule has 0 spiro atoms. The zero-order valence-electron chi connectivity index (χ0n) is 11.5. The topological polar surface area (TPSA) is 119 Å². The summed E-state index contributed by atoms with van der Waals surface area (Å²) in [4.78, 5) is 11.2. The molecule has 1 saturated heterocycles. The van der Waals surface area contributed by atoms with Crippen molar-refractivity contribution < 1.29 is 30.0 Å². The first-order valence-electron chi connectivity index (χ1n) is 6.62. The van der Waals surface area contributed by atoms with Gasteiger partial charge >= 0.3 is 0 Å². The van der Waals surface area contributed by atoms with Crippen molar-refractivity contribution in [3.8, 4) is 0 Å². The van der Waals surface area contributed by atoms with Crippen molar-refractivity contribution >= 4 is 11.5 Å². The first-order valence-corrected chi connectivity index (χ1v) is 6.62. The number of benzene rings is 1. The monoisotopic (exact) mass is 297 g/mol. The van der Waals surface area contributed by atoms with Crippen LogP contribution in [-0.2, 0) is 4.74 Å². The molecule has 5 N–H and O–H groups in total. The fourth-order valence-electron chi connectivity index (χ4n) is 2.19. The maximum absolute atomic E-state index is 11.2. The molecule has 7 heteroatoms. The second kappa shape index (κ2) is 6.50. The van der Waals surface area contributed by atoms with Crippen LogP contribution in [0.4, 0.5) is 5.69 Å². The van der Waals surface area contributed by atoms with Gasteiger partial charge < -0.3 is 30.5 Å². The number of anilines is 1. The number of carbonyl (C=O) groups is 1. The Labute approximate surface area is 121 Å². The predicted octanol–water partition coefficient (Wildman–Crippen LogP) is -0.899. The molecule has 0 saturated carbocycles. The Morgan fingerprint density at radius 2 is 1.76 bits per heavy atom. The summed E-state index contributed by atoms with van der Waals surface area (Å²) in [5, 5.41) is 41.2. The van der Waals surface area contributed by atoms with Crippen molar-refractivity contribution in [1.82, 2.24) is 0 Å². The van der Waals surface area contributed by atoms with Crippen molar-refractivity contribution in [2.24, 2.45) is 0 Å². The van der Waals surface area contributed by atoms with Gasteiger partial charge in [-0.15, -0.1) is 0 Å². The summed E-state index contributed by atoms with van der Waals surface area (Å²) in [6, 6.07) is 6.51. The molecule has 0 amide bonds. The number of carbonyl (C=O) groups excluding carboxylic acids is 1. The number of aliphatic hydroxyl groups is 4. The van der Waals surface area contributed by atoms with Crippen molar-refractivity contribution in [3.05, 3.63) is 29.8 Å². The SMILES string of the molecule is CC(=O)c1ccc(N[C@H]2O[C@@H](CO)[C@H](O)[C@H](O)[C@@H]2O)cc1. The molecule has 21 heavy (non-hydrogen) atoms. The van der Waals surface area contributed by atoms with Crippen LogP contribution in [0.2, 0.25) is 0 Å². The second-order valence-corrected chi connectivity index (χ2v) is 5.03. The summed E-state index contributed by atoms with van der Waals surface area (Å²) in [6.07, 6.45) is -6.11. The molecule has 1 aliphatic heterocycles. The number of hydrogen-bond donors (Lipinski definition) is 5. The Morgan fingerprint density at radius 3 is 2.29 bits per heavy atom. The van der Waals surface area contributed by atoms with E-state index in [-0.39, 0.29) is 5.78 Å². The van der Waals surface area contributed by atoms with Crippen molar-refractivity contribution in [2.75, 3.05) is 11.9 Å². The lowest BCUT2D eigenvalue weighted by atomic mass is 9.98. The van der Waals surface area contributed by atoms with Crippen molar-refractivity contribution in [2.45, 2.75) is 37.6 Å². The molecular formula is C14H19NO6.